The summed E-state index contributed by atoms with van der Waals surface area (Å²) < 4.78 is 36.3. The van der Waals surface area contributed by atoms with E-state index in [1.54, 1.807) is 19.3 Å². The average molecular weight is 315 g/mol. The number of halogens is 3. The summed E-state index contributed by atoms with van der Waals surface area (Å²) in [4.78, 5) is 20.2. The first-order valence-electron chi connectivity index (χ1n) is 6.00. The standard InChI is InChI=1S/C13H12F3N3OS/c1-7-3-9(5-17-4-7)12-19-8(2)10(21-12)11(20)18-6-13(14,15)16/h3-5H,6H2,1-2H3,(H,18,20). The number of carbonyl (C=O) groups excluding carboxylic acids is 1. The summed E-state index contributed by atoms with van der Waals surface area (Å²) in [6, 6.07) is 1.85. The van der Waals surface area contributed by atoms with Crippen LogP contribution in [0.4, 0.5) is 13.2 Å². The van der Waals surface area contributed by atoms with Gasteiger partial charge in [0.2, 0.25) is 0 Å². The van der Waals surface area contributed by atoms with Crippen molar-refractivity contribution in [3.05, 3.63) is 34.6 Å². The number of amides is 1. The zero-order chi connectivity index (χ0) is 15.6. The molecule has 0 atom stereocenters. The Bertz CT molecular complexity index is 667. The third-order valence-electron chi connectivity index (χ3n) is 2.57. The highest BCUT2D eigenvalue weighted by Crippen LogP contribution is 2.28. The quantitative estimate of drug-likeness (QED) is 0.947. The average Bonchev–Trinajstić information content (AvgIpc) is 2.77. The first-order valence-corrected chi connectivity index (χ1v) is 6.82. The van der Waals surface area contributed by atoms with Gasteiger partial charge in [0.15, 0.2) is 0 Å². The molecule has 112 valence electrons. The van der Waals surface area contributed by atoms with E-state index < -0.39 is 18.6 Å². The van der Waals surface area contributed by atoms with Crippen LogP contribution in [0.1, 0.15) is 20.9 Å². The van der Waals surface area contributed by atoms with Gasteiger partial charge >= 0.3 is 6.18 Å². The van der Waals surface area contributed by atoms with E-state index >= 15 is 0 Å². The molecule has 21 heavy (non-hydrogen) atoms. The minimum atomic E-state index is -4.43. The second-order valence-electron chi connectivity index (χ2n) is 4.48. The number of hydrogen-bond donors (Lipinski definition) is 1. The molecule has 2 aromatic heterocycles. The van der Waals surface area contributed by atoms with Crippen LogP contribution in [0.5, 0.6) is 0 Å². The van der Waals surface area contributed by atoms with Gasteiger partial charge in [-0.3, -0.25) is 9.78 Å². The van der Waals surface area contributed by atoms with E-state index in [1.165, 1.54) is 0 Å². The molecule has 0 saturated heterocycles. The van der Waals surface area contributed by atoms with Crippen molar-refractivity contribution in [2.24, 2.45) is 0 Å². The minimum absolute atomic E-state index is 0.177. The maximum absolute atomic E-state index is 12.1. The third-order valence-corrected chi connectivity index (χ3v) is 3.78. The molecule has 1 amide bonds. The number of pyridine rings is 1. The number of thiazole rings is 1. The summed E-state index contributed by atoms with van der Waals surface area (Å²) in [5, 5.41) is 2.40. The molecule has 0 aromatic carbocycles. The second-order valence-corrected chi connectivity index (χ2v) is 5.48. The Labute approximate surface area is 123 Å². The number of alkyl halides is 3. The molecule has 0 unspecified atom stereocenters. The van der Waals surface area contributed by atoms with Crippen LogP contribution in [0.25, 0.3) is 10.6 Å². The van der Waals surface area contributed by atoms with E-state index in [0.717, 1.165) is 22.5 Å². The Morgan fingerprint density at radius 2 is 2.05 bits per heavy atom. The Hall–Kier alpha value is -1.96. The number of rotatable bonds is 3. The van der Waals surface area contributed by atoms with Crippen LogP contribution in [-0.2, 0) is 0 Å². The summed E-state index contributed by atoms with van der Waals surface area (Å²) in [5.74, 6) is -0.769. The SMILES string of the molecule is Cc1cncc(-c2nc(C)c(C(=O)NCC(F)(F)F)s2)c1. The van der Waals surface area contributed by atoms with Crippen molar-refractivity contribution >= 4 is 17.2 Å². The third kappa shape index (κ3) is 4.01. The highest BCUT2D eigenvalue weighted by atomic mass is 32.1. The predicted octanol–water partition coefficient (Wildman–Crippen LogP) is 3.11. The second kappa shape index (κ2) is 5.80. The number of hydrogen-bond acceptors (Lipinski definition) is 4. The van der Waals surface area contributed by atoms with Crippen LogP contribution in [0.3, 0.4) is 0 Å². The van der Waals surface area contributed by atoms with E-state index in [-0.39, 0.29) is 4.88 Å². The first kappa shape index (κ1) is 15.4. The largest absolute Gasteiger partial charge is 0.405 e. The van der Waals surface area contributed by atoms with Gasteiger partial charge in [0.25, 0.3) is 5.91 Å². The summed E-state index contributed by atoms with van der Waals surface area (Å²) in [6.45, 7) is 2.10. The lowest BCUT2D eigenvalue weighted by Gasteiger charge is -2.07. The maximum atomic E-state index is 12.1. The molecule has 1 N–H and O–H groups in total. The van der Waals surface area contributed by atoms with Gasteiger partial charge in [-0.2, -0.15) is 13.2 Å². The fraction of sp³-hybridized carbons (Fsp3) is 0.308. The molecular weight excluding hydrogens is 303 g/mol. The fourth-order valence-electron chi connectivity index (χ4n) is 1.66. The summed E-state index contributed by atoms with van der Waals surface area (Å²) in [6.07, 6.45) is -1.15. The van der Waals surface area contributed by atoms with Gasteiger partial charge in [-0.25, -0.2) is 4.98 Å². The zero-order valence-corrected chi connectivity index (χ0v) is 12.1. The zero-order valence-electron chi connectivity index (χ0n) is 11.3. The van der Waals surface area contributed by atoms with E-state index in [4.69, 9.17) is 0 Å². The van der Waals surface area contributed by atoms with Crippen LogP contribution in [0.2, 0.25) is 0 Å². The number of aromatic nitrogens is 2. The van der Waals surface area contributed by atoms with Crippen LogP contribution < -0.4 is 5.32 Å². The molecule has 2 rings (SSSR count). The van der Waals surface area contributed by atoms with Gasteiger partial charge in [0, 0.05) is 18.0 Å². The van der Waals surface area contributed by atoms with Gasteiger partial charge in [0.05, 0.1) is 5.69 Å². The number of nitrogens with zero attached hydrogens (tertiary/aromatic N) is 2. The van der Waals surface area contributed by atoms with Crippen molar-refractivity contribution in [1.82, 2.24) is 15.3 Å². The minimum Gasteiger partial charge on any atom is -0.342 e. The first-order chi connectivity index (χ1) is 9.76. The molecule has 0 aliphatic carbocycles. The molecule has 8 heteroatoms. The molecule has 0 radical (unpaired) electrons. The molecule has 2 heterocycles. The van der Waals surface area contributed by atoms with E-state index in [1.807, 2.05) is 18.3 Å². The predicted molar refractivity (Wildman–Crippen MR) is 73.2 cm³/mol. The number of nitrogens with one attached hydrogen (secondary N) is 1. The van der Waals surface area contributed by atoms with Gasteiger partial charge in [-0.15, -0.1) is 11.3 Å². The van der Waals surface area contributed by atoms with Crippen LogP contribution in [0, 0.1) is 13.8 Å². The Morgan fingerprint density at radius 3 is 2.67 bits per heavy atom. The highest BCUT2D eigenvalue weighted by molar-refractivity contribution is 7.17. The lowest BCUT2D eigenvalue weighted by Crippen LogP contribution is -2.33. The Morgan fingerprint density at radius 1 is 1.33 bits per heavy atom. The van der Waals surface area contributed by atoms with E-state index in [0.29, 0.717) is 10.7 Å². The van der Waals surface area contributed by atoms with Crippen molar-refractivity contribution in [2.75, 3.05) is 6.54 Å². The maximum Gasteiger partial charge on any atom is 0.405 e. The lowest BCUT2D eigenvalue weighted by molar-refractivity contribution is -0.123. The summed E-state index contributed by atoms with van der Waals surface area (Å²) in [7, 11) is 0. The molecule has 0 bridgehead atoms. The summed E-state index contributed by atoms with van der Waals surface area (Å²) >= 11 is 1.05. The molecule has 0 fully saturated rings. The van der Waals surface area contributed by atoms with Gasteiger partial charge < -0.3 is 5.32 Å². The molecule has 0 aliphatic rings. The molecular formula is C13H12F3N3OS. The Kier molecular flexibility index (Phi) is 4.26. The van der Waals surface area contributed by atoms with Crippen molar-refractivity contribution in [3.63, 3.8) is 0 Å². The van der Waals surface area contributed by atoms with Gasteiger partial charge in [-0.05, 0) is 25.5 Å². The van der Waals surface area contributed by atoms with Gasteiger partial charge in [-0.1, -0.05) is 0 Å². The molecule has 0 saturated carbocycles. The summed E-state index contributed by atoms with van der Waals surface area (Å²) in [5.41, 5.74) is 2.07. The van der Waals surface area contributed by atoms with Gasteiger partial charge in [0.1, 0.15) is 16.4 Å². The van der Waals surface area contributed by atoms with Crippen molar-refractivity contribution in [1.29, 1.82) is 0 Å². The monoisotopic (exact) mass is 315 g/mol. The molecule has 0 aliphatic heterocycles. The Balaban J connectivity index is 2.21. The topological polar surface area (TPSA) is 54.9 Å². The number of aryl methyl sites for hydroxylation is 2. The van der Waals surface area contributed by atoms with Crippen LogP contribution in [0.15, 0.2) is 18.5 Å². The van der Waals surface area contributed by atoms with Crippen molar-refractivity contribution in [2.45, 2.75) is 20.0 Å². The normalized spacial score (nSPS) is 11.5. The smallest absolute Gasteiger partial charge is 0.342 e. The fourth-order valence-corrected chi connectivity index (χ4v) is 2.63. The lowest BCUT2D eigenvalue weighted by atomic mass is 10.2. The van der Waals surface area contributed by atoms with Crippen LogP contribution >= 0.6 is 11.3 Å². The van der Waals surface area contributed by atoms with Crippen LogP contribution in [-0.4, -0.2) is 28.6 Å². The van der Waals surface area contributed by atoms with Crippen molar-refractivity contribution in [3.8, 4) is 10.6 Å². The van der Waals surface area contributed by atoms with E-state index in [2.05, 4.69) is 9.97 Å². The van der Waals surface area contributed by atoms with Crippen molar-refractivity contribution < 1.29 is 18.0 Å². The van der Waals surface area contributed by atoms with E-state index in [9.17, 15) is 18.0 Å². The number of carbonyl (C=O) groups is 1. The molecule has 4 nitrogen and oxygen atoms in total. The molecule has 0 spiro atoms. The molecule has 2 aromatic rings. The highest BCUT2D eigenvalue weighted by Gasteiger charge is 2.28.